The molecule has 0 aliphatic rings. The van der Waals surface area contributed by atoms with Gasteiger partial charge in [0.25, 0.3) is 0 Å². The summed E-state index contributed by atoms with van der Waals surface area (Å²) in [5, 5.41) is 5.25. The molecular weight excluding hydrogens is 347 g/mol. The number of aromatic nitrogens is 1. The van der Waals surface area contributed by atoms with Crippen molar-refractivity contribution < 1.29 is 9.18 Å². The molecule has 3 rings (SSSR count). The fourth-order valence-corrected chi connectivity index (χ4v) is 3.00. The standard InChI is InChI=1S/C18H12ClFN2OS/c19-14-7-4-8-15(20)13(14)9-10-17(23)22-18-21-16(11-24-18)12-5-2-1-3-6-12/h1-11H,(H,21,22,23)/b10-9+. The third kappa shape index (κ3) is 3.88. The topological polar surface area (TPSA) is 42.0 Å². The Kier molecular flexibility index (Phi) is 5.03. The van der Waals surface area contributed by atoms with Gasteiger partial charge < -0.3 is 0 Å². The van der Waals surface area contributed by atoms with Gasteiger partial charge in [-0.25, -0.2) is 9.37 Å². The average Bonchev–Trinajstić information content (AvgIpc) is 3.03. The highest BCUT2D eigenvalue weighted by Gasteiger charge is 2.07. The monoisotopic (exact) mass is 358 g/mol. The van der Waals surface area contributed by atoms with Crippen LogP contribution in [0.1, 0.15) is 5.56 Å². The molecule has 3 nitrogen and oxygen atoms in total. The highest BCUT2D eigenvalue weighted by molar-refractivity contribution is 7.14. The SMILES string of the molecule is O=C(/C=C/c1c(F)cccc1Cl)Nc1nc(-c2ccccc2)cs1. The van der Waals surface area contributed by atoms with E-state index in [1.807, 2.05) is 35.7 Å². The number of carbonyl (C=O) groups excluding carboxylic acids is 1. The predicted molar refractivity (Wildman–Crippen MR) is 96.6 cm³/mol. The van der Waals surface area contributed by atoms with Crippen LogP contribution >= 0.6 is 22.9 Å². The first kappa shape index (κ1) is 16.4. The molecule has 120 valence electrons. The van der Waals surface area contributed by atoms with Crippen LogP contribution in [-0.4, -0.2) is 10.9 Å². The van der Waals surface area contributed by atoms with Gasteiger partial charge in [0, 0.05) is 22.6 Å². The number of nitrogens with one attached hydrogen (secondary N) is 1. The molecule has 0 fully saturated rings. The van der Waals surface area contributed by atoms with Crippen molar-refractivity contribution in [3.63, 3.8) is 0 Å². The minimum atomic E-state index is -0.479. The fourth-order valence-electron chi connectivity index (χ4n) is 2.05. The Bertz CT molecular complexity index is 873. The first-order chi connectivity index (χ1) is 11.6. The molecule has 3 aromatic rings. The van der Waals surface area contributed by atoms with Crippen LogP contribution in [0.4, 0.5) is 9.52 Å². The van der Waals surface area contributed by atoms with Crippen molar-refractivity contribution in [2.24, 2.45) is 0 Å². The Hall–Kier alpha value is -2.50. The summed E-state index contributed by atoms with van der Waals surface area (Å²) in [5.74, 6) is -0.879. The zero-order valence-electron chi connectivity index (χ0n) is 12.4. The molecule has 1 N–H and O–H groups in total. The maximum Gasteiger partial charge on any atom is 0.250 e. The molecule has 1 aromatic heterocycles. The zero-order valence-corrected chi connectivity index (χ0v) is 13.9. The van der Waals surface area contributed by atoms with Gasteiger partial charge in [0.15, 0.2) is 5.13 Å². The second-order valence-electron chi connectivity index (χ2n) is 4.86. The van der Waals surface area contributed by atoms with Gasteiger partial charge in [-0.1, -0.05) is 48.0 Å². The van der Waals surface area contributed by atoms with Crippen LogP contribution in [0.15, 0.2) is 60.0 Å². The molecule has 0 aliphatic heterocycles. The van der Waals surface area contributed by atoms with Crippen LogP contribution in [0, 0.1) is 5.82 Å². The summed E-state index contributed by atoms with van der Waals surface area (Å²) in [4.78, 5) is 16.3. The molecule has 0 saturated carbocycles. The molecule has 24 heavy (non-hydrogen) atoms. The molecule has 6 heteroatoms. The molecule has 0 atom stereocenters. The van der Waals surface area contributed by atoms with E-state index >= 15 is 0 Å². The lowest BCUT2D eigenvalue weighted by Gasteiger charge is -2.00. The van der Waals surface area contributed by atoms with Crippen molar-refractivity contribution in [2.45, 2.75) is 0 Å². The van der Waals surface area contributed by atoms with Crippen LogP contribution in [0.25, 0.3) is 17.3 Å². The molecule has 0 bridgehead atoms. The van der Waals surface area contributed by atoms with Gasteiger partial charge in [-0.2, -0.15) is 0 Å². The van der Waals surface area contributed by atoms with E-state index in [-0.39, 0.29) is 10.6 Å². The number of benzene rings is 2. The van der Waals surface area contributed by atoms with E-state index in [2.05, 4.69) is 10.3 Å². The van der Waals surface area contributed by atoms with E-state index in [0.717, 1.165) is 11.3 Å². The Morgan fingerprint density at radius 1 is 1.17 bits per heavy atom. The second kappa shape index (κ2) is 7.38. The lowest BCUT2D eigenvalue weighted by molar-refractivity contribution is -0.111. The molecule has 0 saturated heterocycles. The van der Waals surface area contributed by atoms with Crippen LogP contribution in [0.3, 0.4) is 0 Å². The third-order valence-corrected chi connectivity index (χ3v) is 4.29. The molecular formula is C18H12ClFN2OS. The maximum atomic E-state index is 13.6. The zero-order chi connectivity index (χ0) is 16.9. The minimum absolute atomic E-state index is 0.179. The van der Waals surface area contributed by atoms with Crippen LogP contribution in [0.5, 0.6) is 0 Å². The van der Waals surface area contributed by atoms with E-state index in [1.165, 1.54) is 35.6 Å². The number of anilines is 1. The van der Waals surface area contributed by atoms with Gasteiger partial charge in [-0.15, -0.1) is 11.3 Å². The number of hydrogen-bond donors (Lipinski definition) is 1. The number of carbonyl (C=O) groups is 1. The molecule has 2 aromatic carbocycles. The molecule has 1 heterocycles. The van der Waals surface area contributed by atoms with E-state index in [1.54, 1.807) is 6.07 Å². The van der Waals surface area contributed by atoms with Gasteiger partial charge in [0.05, 0.1) is 10.7 Å². The largest absolute Gasteiger partial charge is 0.298 e. The summed E-state index contributed by atoms with van der Waals surface area (Å²) in [5.41, 5.74) is 1.94. The van der Waals surface area contributed by atoms with E-state index in [4.69, 9.17) is 11.6 Å². The van der Waals surface area contributed by atoms with Gasteiger partial charge >= 0.3 is 0 Å². The number of hydrogen-bond acceptors (Lipinski definition) is 3. The van der Waals surface area contributed by atoms with E-state index in [0.29, 0.717) is 5.13 Å². The van der Waals surface area contributed by atoms with Crippen molar-refractivity contribution in [3.05, 3.63) is 76.4 Å². The summed E-state index contributed by atoms with van der Waals surface area (Å²) in [7, 11) is 0. The predicted octanol–water partition coefficient (Wildman–Crippen LogP) is 5.25. The smallest absolute Gasteiger partial charge is 0.250 e. The molecule has 0 aliphatic carbocycles. The van der Waals surface area contributed by atoms with Gasteiger partial charge in [-0.05, 0) is 18.2 Å². The summed E-state index contributed by atoms with van der Waals surface area (Å²) in [6.07, 6.45) is 2.58. The van der Waals surface area contributed by atoms with Crippen molar-refractivity contribution in [1.82, 2.24) is 4.98 Å². The van der Waals surface area contributed by atoms with Gasteiger partial charge in [0.2, 0.25) is 5.91 Å². The second-order valence-corrected chi connectivity index (χ2v) is 6.13. The Morgan fingerprint density at radius 3 is 2.71 bits per heavy atom. The minimum Gasteiger partial charge on any atom is -0.298 e. The quantitative estimate of drug-likeness (QED) is 0.647. The normalized spacial score (nSPS) is 10.9. The average molecular weight is 359 g/mol. The maximum absolute atomic E-state index is 13.6. The first-order valence-corrected chi connectivity index (χ1v) is 8.33. The van der Waals surface area contributed by atoms with E-state index < -0.39 is 11.7 Å². The van der Waals surface area contributed by atoms with Crippen molar-refractivity contribution in [3.8, 4) is 11.3 Å². The molecule has 0 radical (unpaired) electrons. The summed E-state index contributed by atoms with van der Waals surface area (Å²) >= 11 is 7.23. The first-order valence-electron chi connectivity index (χ1n) is 7.07. The Morgan fingerprint density at radius 2 is 1.96 bits per heavy atom. The fraction of sp³-hybridized carbons (Fsp3) is 0. The molecule has 0 spiro atoms. The third-order valence-electron chi connectivity index (χ3n) is 3.20. The van der Waals surface area contributed by atoms with E-state index in [9.17, 15) is 9.18 Å². The van der Waals surface area contributed by atoms with Gasteiger partial charge in [-0.3, -0.25) is 10.1 Å². The summed E-state index contributed by atoms with van der Waals surface area (Å²) in [6.45, 7) is 0. The molecule has 1 amide bonds. The highest BCUT2D eigenvalue weighted by Crippen LogP contribution is 2.25. The number of rotatable bonds is 4. The van der Waals surface area contributed by atoms with Crippen LogP contribution in [-0.2, 0) is 4.79 Å². The Balaban J connectivity index is 1.70. The van der Waals surface area contributed by atoms with Crippen LogP contribution in [0.2, 0.25) is 5.02 Å². The highest BCUT2D eigenvalue weighted by atomic mass is 35.5. The van der Waals surface area contributed by atoms with Crippen molar-refractivity contribution >= 4 is 40.1 Å². The number of thiazole rings is 1. The number of amides is 1. The number of nitrogens with zero attached hydrogens (tertiary/aromatic N) is 1. The Labute approximate surface area is 147 Å². The lowest BCUT2D eigenvalue weighted by atomic mass is 10.2. The van der Waals surface area contributed by atoms with Crippen molar-refractivity contribution in [2.75, 3.05) is 5.32 Å². The number of halogens is 2. The lowest BCUT2D eigenvalue weighted by Crippen LogP contribution is -2.07. The molecule has 0 unspecified atom stereocenters. The van der Waals surface area contributed by atoms with Gasteiger partial charge in [0.1, 0.15) is 5.82 Å². The summed E-state index contributed by atoms with van der Waals surface area (Å²) in [6, 6.07) is 14.0. The summed E-state index contributed by atoms with van der Waals surface area (Å²) < 4.78 is 13.6. The van der Waals surface area contributed by atoms with Crippen molar-refractivity contribution in [1.29, 1.82) is 0 Å². The van der Waals surface area contributed by atoms with Crippen LogP contribution < -0.4 is 5.32 Å².